The van der Waals surface area contributed by atoms with Gasteiger partial charge in [0.25, 0.3) is 0 Å². The summed E-state index contributed by atoms with van der Waals surface area (Å²) in [4.78, 5) is 13.8. The fourth-order valence-corrected chi connectivity index (χ4v) is 6.37. The summed E-state index contributed by atoms with van der Waals surface area (Å²) in [5, 5.41) is 32.6. The molecule has 10 nitrogen and oxygen atoms in total. The Morgan fingerprint density at radius 3 is 2.81 bits per heavy atom. The molecular formula is C22H20Cl2N6O4S2. The highest BCUT2D eigenvalue weighted by Crippen LogP contribution is 2.42. The van der Waals surface area contributed by atoms with Crippen molar-refractivity contribution in [3.05, 3.63) is 58.4 Å². The van der Waals surface area contributed by atoms with Gasteiger partial charge in [-0.15, -0.1) is 16.4 Å². The molecule has 1 aliphatic heterocycles. The summed E-state index contributed by atoms with van der Waals surface area (Å²) in [7, 11) is 1.52. The number of nitrogens with zero attached hydrogens (tertiary/aromatic N) is 6. The Bertz CT molecular complexity index is 1330. The van der Waals surface area contributed by atoms with Crippen molar-refractivity contribution >= 4 is 46.3 Å². The predicted octanol–water partition coefficient (Wildman–Crippen LogP) is 3.59. The van der Waals surface area contributed by atoms with Crippen LogP contribution in [0.4, 0.5) is 0 Å². The molecule has 0 bridgehead atoms. The minimum absolute atomic E-state index is 0.362. The topological polar surface area (TPSA) is 128 Å². The van der Waals surface area contributed by atoms with Crippen molar-refractivity contribution in [2.75, 3.05) is 13.7 Å². The summed E-state index contributed by atoms with van der Waals surface area (Å²) >= 11 is 14.9. The molecule has 5 rings (SSSR count). The van der Waals surface area contributed by atoms with E-state index in [1.54, 1.807) is 30.0 Å². The molecular weight excluding hydrogens is 547 g/mol. The van der Waals surface area contributed by atoms with Crippen LogP contribution in [0.1, 0.15) is 6.04 Å². The molecule has 0 aromatic carbocycles. The third-order valence-electron chi connectivity index (χ3n) is 5.58. The first-order chi connectivity index (χ1) is 17.5. The van der Waals surface area contributed by atoms with Gasteiger partial charge in [0.1, 0.15) is 51.3 Å². The van der Waals surface area contributed by atoms with Gasteiger partial charge in [-0.3, -0.25) is 9.97 Å². The van der Waals surface area contributed by atoms with Crippen LogP contribution in [0, 0.1) is 0 Å². The summed E-state index contributed by atoms with van der Waals surface area (Å²) < 4.78 is 13.4. The van der Waals surface area contributed by atoms with Crippen molar-refractivity contribution in [3.63, 3.8) is 0 Å². The van der Waals surface area contributed by atoms with Crippen LogP contribution in [0.3, 0.4) is 0 Å². The summed E-state index contributed by atoms with van der Waals surface area (Å²) in [6.07, 6.45) is 2.19. The van der Waals surface area contributed by atoms with E-state index in [1.807, 2.05) is 18.2 Å². The number of methoxy groups -OCH3 is 1. The number of halogens is 2. The molecule has 0 amide bonds. The third kappa shape index (κ3) is 5.13. The molecule has 14 heteroatoms. The zero-order valence-electron chi connectivity index (χ0n) is 18.7. The van der Waals surface area contributed by atoms with Crippen molar-refractivity contribution in [2.24, 2.45) is 0 Å². The first-order valence-corrected chi connectivity index (χ1v) is 13.2. The summed E-state index contributed by atoms with van der Waals surface area (Å²) in [6, 6.07) is 6.59. The largest absolute Gasteiger partial charge is 0.394 e. The maximum absolute atomic E-state index is 11.1. The number of aliphatic hydroxyl groups excluding tert-OH is 2. The smallest absolute Gasteiger partial charge is 0.147 e. The van der Waals surface area contributed by atoms with Crippen LogP contribution < -0.4 is 0 Å². The van der Waals surface area contributed by atoms with Gasteiger partial charge >= 0.3 is 0 Å². The summed E-state index contributed by atoms with van der Waals surface area (Å²) in [6.45, 7) is -0.407. The minimum atomic E-state index is -1.13. The van der Waals surface area contributed by atoms with Crippen molar-refractivity contribution < 1.29 is 19.7 Å². The number of aliphatic hydroxyl groups is 2. The number of hydrogen-bond acceptors (Lipinski definition) is 11. The fraction of sp³-hybridized carbons (Fsp3) is 0.318. The van der Waals surface area contributed by atoms with Gasteiger partial charge in [-0.1, -0.05) is 46.2 Å². The lowest BCUT2D eigenvalue weighted by Gasteiger charge is -2.43. The van der Waals surface area contributed by atoms with Crippen LogP contribution >= 0.6 is 46.3 Å². The van der Waals surface area contributed by atoms with E-state index in [0.29, 0.717) is 37.2 Å². The molecule has 188 valence electrons. The molecule has 4 aromatic heterocycles. The van der Waals surface area contributed by atoms with Crippen molar-refractivity contribution in [1.29, 1.82) is 0 Å². The lowest BCUT2D eigenvalue weighted by molar-refractivity contribution is -0.186. The van der Waals surface area contributed by atoms with Crippen molar-refractivity contribution in [1.82, 2.24) is 29.9 Å². The van der Waals surface area contributed by atoms with Gasteiger partial charge in [-0.2, -0.15) is 0 Å². The van der Waals surface area contributed by atoms with E-state index in [-0.39, 0.29) is 0 Å². The number of pyridine rings is 2. The number of ether oxygens (including phenoxy) is 2. The first-order valence-electron chi connectivity index (χ1n) is 10.7. The molecule has 5 heterocycles. The molecule has 5 atom stereocenters. The van der Waals surface area contributed by atoms with E-state index in [2.05, 4.69) is 25.3 Å². The van der Waals surface area contributed by atoms with E-state index < -0.39 is 36.4 Å². The highest BCUT2D eigenvalue weighted by atomic mass is 35.5. The first kappa shape index (κ1) is 25.5. The standard InChI is InChI=1S/C22H20Cl2N6O4S2/c1-33-20-18(30-8-13(28-29-30)21-27-16(24)10-35-21)19(32)14(9-31)34-22(20)36-15-6-11(23)7-26-17(15)12-4-2-3-5-25-12/h2-8,10,14,18-20,22,31-32H,9H2,1H3/t14?,18-,19-,20?,22+/m0/s1. The van der Waals surface area contributed by atoms with E-state index in [1.165, 1.54) is 34.9 Å². The molecule has 4 aromatic rings. The van der Waals surface area contributed by atoms with Gasteiger partial charge in [-0.25, -0.2) is 9.67 Å². The Balaban J connectivity index is 1.49. The second kappa shape index (κ2) is 11.1. The number of hydrogen-bond donors (Lipinski definition) is 2. The van der Waals surface area contributed by atoms with Gasteiger partial charge in [0.15, 0.2) is 0 Å². The van der Waals surface area contributed by atoms with Crippen LogP contribution in [0.2, 0.25) is 10.2 Å². The molecule has 0 saturated carbocycles. The van der Waals surface area contributed by atoms with Crippen LogP contribution in [-0.4, -0.2) is 77.6 Å². The van der Waals surface area contributed by atoms with Crippen LogP contribution in [0.25, 0.3) is 22.1 Å². The lowest BCUT2D eigenvalue weighted by atomic mass is 9.97. The van der Waals surface area contributed by atoms with Crippen molar-refractivity contribution in [3.8, 4) is 22.1 Å². The zero-order valence-corrected chi connectivity index (χ0v) is 21.8. The number of aromatic nitrogens is 6. The fourth-order valence-electron chi connectivity index (χ4n) is 3.93. The molecule has 0 spiro atoms. The van der Waals surface area contributed by atoms with E-state index in [0.717, 1.165) is 0 Å². The van der Waals surface area contributed by atoms with Gasteiger partial charge < -0.3 is 19.7 Å². The molecule has 1 aliphatic rings. The highest BCUT2D eigenvalue weighted by Gasteiger charge is 2.47. The Labute approximate surface area is 224 Å². The van der Waals surface area contributed by atoms with Crippen LogP contribution in [0.15, 0.2) is 53.1 Å². The number of thiazole rings is 1. The zero-order chi connectivity index (χ0) is 25.2. The summed E-state index contributed by atoms with van der Waals surface area (Å²) in [5.74, 6) is 0. The maximum Gasteiger partial charge on any atom is 0.147 e. The number of thioether (sulfide) groups is 1. The van der Waals surface area contributed by atoms with Crippen LogP contribution in [0.5, 0.6) is 0 Å². The quantitative estimate of drug-likeness (QED) is 0.342. The third-order valence-corrected chi connectivity index (χ3v) is 8.15. The minimum Gasteiger partial charge on any atom is -0.394 e. The Morgan fingerprint density at radius 2 is 2.11 bits per heavy atom. The number of rotatable bonds is 7. The average molecular weight is 567 g/mol. The molecule has 2 N–H and O–H groups in total. The van der Waals surface area contributed by atoms with E-state index >= 15 is 0 Å². The van der Waals surface area contributed by atoms with Gasteiger partial charge in [0, 0.05) is 29.8 Å². The van der Waals surface area contributed by atoms with Crippen molar-refractivity contribution in [2.45, 2.75) is 34.7 Å². The second-order valence-corrected chi connectivity index (χ2v) is 10.6. The predicted molar refractivity (Wildman–Crippen MR) is 136 cm³/mol. The van der Waals surface area contributed by atoms with E-state index in [4.69, 9.17) is 32.7 Å². The van der Waals surface area contributed by atoms with Crippen LogP contribution in [-0.2, 0) is 9.47 Å². The monoisotopic (exact) mass is 566 g/mol. The normalized spacial score (nSPS) is 24.2. The van der Waals surface area contributed by atoms with Gasteiger partial charge in [-0.05, 0) is 18.2 Å². The van der Waals surface area contributed by atoms with Gasteiger partial charge in [0.05, 0.1) is 23.5 Å². The average Bonchev–Trinajstić information content (AvgIpc) is 3.54. The van der Waals surface area contributed by atoms with E-state index in [9.17, 15) is 10.2 Å². The second-order valence-electron chi connectivity index (χ2n) is 7.80. The molecule has 0 radical (unpaired) electrons. The molecule has 1 fully saturated rings. The Hall–Kier alpha value is -2.16. The molecule has 1 saturated heterocycles. The molecule has 2 unspecified atom stereocenters. The molecule has 36 heavy (non-hydrogen) atoms. The molecule has 0 aliphatic carbocycles. The van der Waals surface area contributed by atoms with Gasteiger partial charge in [0.2, 0.25) is 0 Å². The maximum atomic E-state index is 11.1. The SMILES string of the molecule is COC1[C@@H](Sc2cc(Cl)cnc2-c2ccccn2)OC(CO)[C@H](O)[C@@H]1n1cc(-c2nc(Cl)cs2)nn1. The Kier molecular flexibility index (Phi) is 7.84. The highest BCUT2D eigenvalue weighted by molar-refractivity contribution is 8.00. The Morgan fingerprint density at radius 1 is 1.25 bits per heavy atom. The lowest BCUT2D eigenvalue weighted by Crippen LogP contribution is -2.55. The summed E-state index contributed by atoms with van der Waals surface area (Å²) in [5.41, 5.74) is 1.13.